The summed E-state index contributed by atoms with van der Waals surface area (Å²) in [6, 6.07) is 10.1. The Kier molecular flexibility index (Phi) is 5.78. The maximum Gasteiger partial charge on any atom is 0.140 e. The number of hydrogen-bond donors (Lipinski definition) is 1. The Balaban J connectivity index is 2.18. The van der Waals surface area contributed by atoms with Gasteiger partial charge < -0.3 is 0 Å². The van der Waals surface area contributed by atoms with Gasteiger partial charge in [-0.25, -0.2) is 8.42 Å². The van der Waals surface area contributed by atoms with E-state index in [0.29, 0.717) is 5.75 Å². The van der Waals surface area contributed by atoms with Crippen molar-refractivity contribution in [2.45, 2.75) is 19.3 Å². The Labute approximate surface area is 92.6 Å². The molecule has 0 spiro atoms. The van der Waals surface area contributed by atoms with Gasteiger partial charge in [0, 0.05) is 5.75 Å². The molecule has 0 saturated heterocycles. The summed E-state index contributed by atoms with van der Waals surface area (Å²) >= 11 is 0. The molecule has 0 aliphatic heterocycles. The zero-order valence-electron chi connectivity index (χ0n) is 8.63. The summed E-state index contributed by atoms with van der Waals surface area (Å²) in [7, 11) is -2.19. The number of thiol groups is 1. The molecular formula is C12H16O2S. The van der Waals surface area contributed by atoms with E-state index in [1.54, 1.807) is 0 Å². The van der Waals surface area contributed by atoms with Crippen LogP contribution in [0, 0.1) is 0 Å². The van der Waals surface area contributed by atoms with E-state index < -0.39 is 10.7 Å². The van der Waals surface area contributed by atoms with Crippen LogP contribution in [0.4, 0.5) is 0 Å². The first kappa shape index (κ1) is 12.0. The van der Waals surface area contributed by atoms with Crippen LogP contribution in [-0.2, 0) is 10.7 Å². The van der Waals surface area contributed by atoms with Crippen molar-refractivity contribution in [3.05, 3.63) is 42.0 Å². The maximum atomic E-state index is 10.3. The molecule has 1 aromatic rings. The number of allylic oxidation sites excluding steroid dienone is 1. The summed E-state index contributed by atoms with van der Waals surface area (Å²) < 4.78 is 20.5. The first-order valence-corrected chi connectivity index (χ1v) is 6.49. The first-order chi connectivity index (χ1) is 7.29. The Hall–Kier alpha value is -1.09. The lowest BCUT2D eigenvalue weighted by Gasteiger charge is -1.93. The molecule has 0 heterocycles. The highest BCUT2D eigenvalue weighted by molar-refractivity contribution is 7.72. The number of rotatable bonds is 6. The van der Waals surface area contributed by atoms with Crippen molar-refractivity contribution < 1.29 is 8.42 Å². The van der Waals surface area contributed by atoms with E-state index in [0.717, 1.165) is 19.3 Å². The van der Waals surface area contributed by atoms with Gasteiger partial charge in [0.2, 0.25) is 0 Å². The lowest BCUT2D eigenvalue weighted by Crippen LogP contribution is -1.86. The lowest BCUT2D eigenvalue weighted by molar-refractivity contribution is 0.610. The van der Waals surface area contributed by atoms with E-state index in [2.05, 4.69) is 12.2 Å². The van der Waals surface area contributed by atoms with Crippen molar-refractivity contribution in [2.24, 2.45) is 0 Å². The van der Waals surface area contributed by atoms with Crippen LogP contribution in [0.15, 0.2) is 36.4 Å². The molecule has 0 aliphatic carbocycles. The Bertz CT molecular complexity index is 358. The minimum atomic E-state index is -2.19. The summed E-state index contributed by atoms with van der Waals surface area (Å²) in [5.41, 5.74) is 1.19. The van der Waals surface area contributed by atoms with Crippen molar-refractivity contribution >= 4 is 16.8 Å². The largest absolute Gasteiger partial charge is 0.232 e. The smallest absolute Gasteiger partial charge is 0.140 e. The molecule has 0 amide bonds. The molecule has 82 valence electrons. The normalized spacial score (nSPS) is 11.3. The monoisotopic (exact) mass is 224 g/mol. The molecule has 0 bridgehead atoms. The van der Waals surface area contributed by atoms with Gasteiger partial charge in [0.1, 0.15) is 10.7 Å². The van der Waals surface area contributed by atoms with E-state index in [1.807, 2.05) is 30.3 Å². The Morgan fingerprint density at radius 3 is 2.47 bits per heavy atom. The Morgan fingerprint density at radius 1 is 1.07 bits per heavy atom. The van der Waals surface area contributed by atoms with Crippen LogP contribution in [0.5, 0.6) is 0 Å². The van der Waals surface area contributed by atoms with Gasteiger partial charge in [-0.05, 0) is 24.8 Å². The van der Waals surface area contributed by atoms with E-state index in [-0.39, 0.29) is 0 Å². The molecule has 3 heteroatoms. The van der Waals surface area contributed by atoms with Crippen LogP contribution in [0.3, 0.4) is 0 Å². The second kappa shape index (κ2) is 7.23. The fraction of sp³-hybridized carbons (Fsp3) is 0.333. The van der Waals surface area contributed by atoms with E-state index >= 15 is 0 Å². The van der Waals surface area contributed by atoms with Crippen molar-refractivity contribution in [1.29, 1.82) is 0 Å². The average molecular weight is 224 g/mol. The van der Waals surface area contributed by atoms with Crippen molar-refractivity contribution in [3.63, 3.8) is 0 Å². The van der Waals surface area contributed by atoms with Gasteiger partial charge in [-0.2, -0.15) is 0 Å². The highest BCUT2D eigenvalue weighted by Crippen LogP contribution is 2.04. The molecule has 0 fully saturated rings. The molecular weight excluding hydrogens is 208 g/mol. The molecule has 1 aromatic carbocycles. The summed E-state index contributed by atoms with van der Waals surface area (Å²) in [5, 5.41) is 0. The summed E-state index contributed by atoms with van der Waals surface area (Å²) in [5.74, 6) is 0.314. The Morgan fingerprint density at radius 2 is 1.80 bits per heavy atom. The van der Waals surface area contributed by atoms with Crippen LogP contribution in [0.25, 0.3) is 6.08 Å². The van der Waals surface area contributed by atoms with Gasteiger partial charge in [0.25, 0.3) is 0 Å². The zero-order valence-corrected chi connectivity index (χ0v) is 9.53. The van der Waals surface area contributed by atoms with Gasteiger partial charge in [-0.3, -0.25) is 0 Å². The minimum absolute atomic E-state index is 0.314. The molecule has 0 aliphatic rings. The van der Waals surface area contributed by atoms with E-state index in [1.165, 1.54) is 5.56 Å². The highest BCUT2D eigenvalue weighted by Gasteiger charge is 1.88. The van der Waals surface area contributed by atoms with Crippen molar-refractivity contribution in [3.8, 4) is 0 Å². The molecule has 0 aromatic heterocycles. The SMILES string of the molecule is O=[SH](=O)CCCCC=Cc1ccccc1. The minimum Gasteiger partial charge on any atom is -0.232 e. The van der Waals surface area contributed by atoms with Crippen molar-refractivity contribution in [1.82, 2.24) is 0 Å². The number of benzene rings is 1. The maximum absolute atomic E-state index is 10.3. The standard InChI is InChI=1S/C12H16O2S/c13-15(14)11-7-2-1-4-8-12-9-5-3-6-10-12/h3-6,8-10,15H,1-2,7,11H2. The zero-order chi connectivity index (χ0) is 10.9. The third kappa shape index (κ3) is 6.07. The lowest BCUT2D eigenvalue weighted by atomic mass is 10.2. The van der Waals surface area contributed by atoms with Crippen LogP contribution in [-0.4, -0.2) is 14.2 Å². The molecule has 0 atom stereocenters. The third-order valence-electron chi connectivity index (χ3n) is 2.07. The molecule has 2 nitrogen and oxygen atoms in total. The van der Waals surface area contributed by atoms with Gasteiger partial charge in [0.15, 0.2) is 0 Å². The summed E-state index contributed by atoms with van der Waals surface area (Å²) in [6.45, 7) is 0. The first-order valence-electron chi connectivity index (χ1n) is 5.12. The second-order valence-electron chi connectivity index (χ2n) is 3.37. The van der Waals surface area contributed by atoms with Crippen LogP contribution in [0.1, 0.15) is 24.8 Å². The van der Waals surface area contributed by atoms with E-state index in [4.69, 9.17) is 0 Å². The summed E-state index contributed by atoms with van der Waals surface area (Å²) in [6.07, 6.45) is 6.80. The number of hydrogen-bond acceptors (Lipinski definition) is 2. The van der Waals surface area contributed by atoms with Crippen molar-refractivity contribution in [2.75, 3.05) is 5.75 Å². The third-order valence-corrected chi connectivity index (χ3v) is 2.75. The van der Waals surface area contributed by atoms with Gasteiger partial charge in [-0.15, -0.1) is 0 Å². The fourth-order valence-corrected chi connectivity index (χ4v) is 1.77. The second-order valence-corrected chi connectivity index (χ2v) is 4.48. The molecule has 0 radical (unpaired) electrons. The van der Waals surface area contributed by atoms with Crippen LogP contribution >= 0.6 is 0 Å². The van der Waals surface area contributed by atoms with Crippen LogP contribution in [0.2, 0.25) is 0 Å². The fourth-order valence-electron chi connectivity index (χ4n) is 1.29. The van der Waals surface area contributed by atoms with Gasteiger partial charge >= 0.3 is 0 Å². The predicted molar refractivity (Wildman–Crippen MR) is 64.5 cm³/mol. The highest BCUT2D eigenvalue weighted by atomic mass is 32.2. The van der Waals surface area contributed by atoms with E-state index in [9.17, 15) is 8.42 Å². The van der Waals surface area contributed by atoms with Gasteiger partial charge in [0.05, 0.1) is 0 Å². The molecule has 0 saturated carbocycles. The predicted octanol–water partition coefficient (Wildman–Crippen LogP) is 2.48. The quantitative estimate of drug-likeness (QED) is 0.595. The topological polar surface area (TPSA) is 34.1 Å². The average Bonchev–Trinajstić information content (AvgIpc) is 2.24. The van der Waals surface area contributed by atoms with Crippen LogP contribution < -0.4 is 0 Å². The number of unbranched alkanes of at least 4 members (excludes halogenated alkanes) is 2. The molecule has 0 unspecified atom stereocenters. The molecule has 0 N–H and O–H groups in total. The molecule has 15 heavy (non-hydrogen) atoms. The van der Waals surface area contributed by atoms with Gasteiger partial charge in [-0.1, -0.05) is 42.5 Å². The summed E-state index contributed by atoms with van der Waals surface area (Å²) in [4.78, 5) is 0. The molecule has 1 rings (SSSR count).